The van der Waals surface area contributed by atoms with Gasteiger partial charge >= 0.3 is 0 Å². The smallest absolute Gasteiger partial charge is 0.108 e. The van der Waals surface area contributed by atoms with Crippen molar-refractivity contribution in [3.8, 4) is 0 Å². The molecular weight excluding hydrogens is 202 g/mol. The number of halogens is 1. The van der Waals surface area contributed by atoms with Crippen LogP contribution in [0.3, 0.4) is 0 Å². The molecule has 84 valence electrons. The second-order valence-corrected chi connectivity index (χ2v) is 4.77. The summed E-state index contributed by atoms with van der Waals surface area (Å²) in [6.45, 7) is 2.37. The first-order valence-electron chi connectivity index (χ1n) is 4.89. The predicted molar refractivity (Wildman–Crippen MR) is 59.0 cm³/mol. The summed E-state index contributed by atoms with van der Waals surface area (Å²) in [6, 6.07) is 0.115. The van der Waals surface area contributed by atoms with Crippen molar-refractivity contribution in [2.45, 2.75) is 31.3 Å². The van der Waals surface area contributed by atoms with E-state index in [1.54, 1.807) is 0 Å². The topological polar surface area (TPSA) is 67.3 Å². The average molecular weight is 222 g/mol. The number of nitrogens with zero attached hydrogens (tertiary/aromatic N) is 1. The molecule has 0 bridgehead atoms. The van der Waals surface area contributed by atoms with Gasteiger partial charge in [0.05, 0.1) is 11.9 Å². The predicted octanol–water partition coefficient (Wildman–Crippen LogP) is -0.384. The molecule has 0 aromatic rings. The van der Waals surface area contributed by atoms with E-state index in [0.29, 0.717) is 12.5 Å². The van der Waals surface area contributed by atoms with Gasteiger partial charge in [-0.1, -0.05) is 6.92 Å². The fourth-order valence-electron chi connectivity index (χ4n) is 2.08. The van der Waals surface area contributed by atoms with Crippen LogP contribution < -0.4 is 17.0 Å². The summed E-state index contributed by atoms with van der Waals surface area (Å²) in [5.41, 5.74) is 8.61. The van der Waals surface area contributed by atoms with Crippen molar-refractivity contribution in [2.75, 3.05) is 13.2 Å². The Labute approximate surface area is 86.7 Å². The van der Waals surface area contributed by atoms with E-state index in [0.717, 1.165) is 6.42 Å². The Bertz CT molecular complexity index is 183. The molecule has 1 rings (SSSR count). The van der Waals surface area contributed by atoms with E-state index in [4.69, 9.17) is 11.6 Å². The van der Waals surface area contributed by atoms with Gasteiger partial charge in [0.2, 0.25) is 0 Å². The summed E-state index contributed by atoms with van der Waals surface area (Å²) in [4.78, 5) is 1.98. The molecule has 5 unspecified atom stereocenters. The standard InChI is InChI=1S/C8H20FN4P/c1-5-2-6(10)4-13(7(14)3-9)8(5)12-11/h5-8,12H,2-4,10-11,14H2,1H3. The lowest BCUT2D eigenvalue weighted by atomic mass is 9.93. The minimum Gasteiger partial charge on any atom is -0.327 e. The van der Waals surface area contributed by atoms with Crippen LogP contribution in [0.2, 0.25) is 0 Å². The highest BCUT2D eigenvalue weighted by Crippen LogP contribution is 2.24. The number of rotatable bonds is 3. The molecule has 0 saturated carbocycles. The van der Waals surface area contributed by atoms with Crippen LogP contribution in [0.1, 0.15) is 13.3 Å². The van der Waals surface area contributed by atoms with E-state index in [9.17, 15) is 4.39 Å². The lowest BCUT2D eigenvalue weighted by molar-refractivity contribution is 0.0469. The zero-order valence-electron chi connectivity index (χ0n) is 8.49. The van der Waals surface area contributed by atoms with E-state index in [1.165, 1.54) is 0 Å². The third kappa shape index (κ3) is 2.61. The lowest BCUT2D eigenvalue weighted by Crippen LogP contribution is -2.62. The summed E-state index contributed by atoms with van der Waals surface area (Å²) >= 11 is 0. The zero-order valence-corrected chi connectivity index (χ0v) is 9.64. The van der Waals surface area contributed by atoms with Gasteiger partial charge in [-0.25, -0.2) is 9.82 Å². The second kappa shape index (κ2) is 5.33. The summed E-state index contributed by atoms with van der Waals surface area (Å²) in [6.07, 6.45) is 0.947. The Balaban J connectivity index is 2.67. The lowest BCUT2D eigenvalue weighted by Gasteiger charge is -2.44. The fourth-order valence-corrected chi connectivity index (χ4v) is 2.39. The number of nitrogens with one attached hydrogen (secondary N) is 1. The molecule has 1 fully saturated rings. The van der Waals surface area contributed by atoms with Crippen LogP contribution in [0.15, 0.2) is 0 Å². The monoisotopic (exact) mass is 222 g/mol. The molecule has 0 spiro atoms. The normalized spacial score (nSPS) is 37.1. The maximum absolute atomic E-state index is 12.6. The van der Waals surface area contributed by atoms with E-state index < -0.39 is 6.67 Å². The maximum Gasteiger partial charge on any atom is 0.108 e. The third-order valence-corrected chi connectivity index (χ3v) is 3.33. The van der Waals surface area contributed by atoms with Crippen LogP contribution in [-0.2, 0) is 0 Å². The van der Waals surface area contributed by atoms with Gasteiger partial charge in [0.15, 0.2) is 0 Å². The van der Waals surface area contributed by atoms with Gasteiger partial charge in [0, 0.05) is 12.6 Å². The van der Waals surface area contributed by atoms with E-state index in [2.05, 4.69) is 21.6 Å². The summed E-state index contributed by atoms with van der Waals surface area (Å²) < 4.78 is 12.6. The minimum absolute atomic E-state index is 0.0213. The first-order chi connectivity index (χ1) is 6.60. The number of likely N-dealkylation sites (tertiary alicyclic amines) is 1. The molecule has 1 heterocycles. The van der Waals surface area contributed by atoms with Crippen molar-refractivity contribution < 1.29 is 4.39 Å². The quantitative estimate of drug-likeness (QED) is 0.346. The fraction of sp³-hybridized carbons (Fsp3) is 1.00. The van der Waals surface area contributed by atoms with Crippen LogP contribution in [0, 0.1) is 5.92 Å². The first kappa shape index (κ1) is 12.3. The Morgan fingerprint density at radius 3 is 2.86 bits per heavy atom. The Morgan fingerprint density at radius 1 is 1.71 bits per heavy atom. The second-order valence-electron chi connectivity index (χ2n) is 4.00. The minimum atomic E-state index is -0.401. The first-order valence-corrected chi connectivity index (χ1v) is 5.55. The number of alkyl halides is 1. The highest BCUT2D eigenvalue weighted by Gasteiger charge is 2.34. The molecule has 1 saturated heterocycles. The van der Waals surface area contributed by atoms with E-state index >= 15 is 0 Å². The number of hydrogen-bond acceptors (Lipinski definition) is 4. The number of hydrazine groups is 1. The van der Waals surface area contributed by atoms with E-state index in [-0.39, 0.29) is 18.0 Å². The number of hydrogen-bond donors (Lipinski definition) is 3. The number of nitrogens with two attached hydrogens (primary N) is 2. The van der Waals surface area contributed by atoms with Crippen LogP contribution in [0.5, 0.6) is 0 Å². The van der Waals surface area contributed by atoms with Gasteiger partial charge in [0.1, 0.15) is 6.67 Å². The summed E-state index contributed by atoms with van der Waals surface area (Å²) in [5, 5.41) is 0. The van der Waals surface area contributed by atoms with Gasteiger partial charge in [-0.2, -0.15) is 0 Å². The summed E-state index contributed by atoms with van der Waals surface area (Å²) in [5.74, 6) is 5.60. The molecule has 6 heteroatoms. The Morgan fingerprint density at radius 2 is 2.36 bits per heavy atom. The van der Waals surface area contributed by atoms with Crippen LogP contribution in [0.25, 0.3) is 0 Å². The van der Waals surface area contributed by atoms with Crippen molar-refractivity contribution in [2.24, 2.45) is 17.5 Å². The van der Waals surface area contributed by atoms with Crippen LogP contribution in [-0.4, -0.2) is 36.1 Å². The average Bonchev–Trinajstić information content (AvgIpc) is 2.15. The van der Waals surface area contributed by atoms with Crippen molar-refractivity contribution >= 4 is 9.24 Å². The van der Waals surface area contributed by atoms with Crippen LogP contribution >= 0.6 is 9.24 Å². The molecule has 0 amide bonds. The molecule has 0 aromatic heterocycles. The van der Waals surface area contributed by atoms with Crippen molar-refractivity contribution in [1.82, 2.24) is 10.3 Å². The van der Waals surface area contributed by atoms with Gasteiger partial charge in [-0.15, -0.1) is 9.24 Å². The number of piperidine rings is 1. The highest BCUT2D eigenvalue weighted by molar-refractivity contribution is 7.17. The largest absolute Gasteiger partial charge is 0.327 e. The van der Waals surface area contributed by atoms with E-state index in [1.807, 2.05) is 4.90 Å². The molecule has 1 aliphatic heterocycles. The Kier molecular flexibility index (Phi) is 4.67. The Hall–Kier alpha value is 0.200. The third-order valence-electron chi connectivity index (χ3n) is 2.77. The SMILES string of the molecule is CC1CC(N)CN(C(P)CF)C1NN. The molecule has 5 atom stereocenters. The molecule has 5 N–H and O–H groups in total. The van der Waals surface area contributed by atoms with Gasteiger partial charge in [-0.3, -0.25) is 10.7 Å². The van der Waals surface area contributed by atoms with Gasteiger partial charge in [0.25, 0.3) is 0 Å². The molecule has 0 radical (unpaired) electrons. The summed E-state index contributed by atoms with van der Waals surface area (Å²) in [7, 11) is 2.49. The van der Waals surface area contributed by atoms with Crippen LogP contribution in [0.4, 0.5) is 4.39 Å². The molecular formula is C8H20FN4P. The molecule has 14 heavy (non-hydrogen) atoms. The van der Waals surface area contributed by atoms with Crippen molar-refractivity contribution in [1.29, 1.82) is 0 Å². The zero-order chi connectivity index (χ0) is 10.7. The highest BCUT2D eigenvalue weighted by atomic mass is 31.0. The molecule has 0 aromatic carbocycles. The van der Waals surface area contributed by atoms with Crippen molar-refractivity contribution in [3.05, 3.63) is 0 Å². The van der Waals surface area contributed by atoms with Crippen molar-refractivity contribution in [3.63, 3.8) is 0 Å². The molecule has 1 aliphatic rings. The van der Waals surface area contributed by atoms with Gasteiger partial charge in [-0.05, 0) is 12.3 Å². The maximum atomic E-state index is 12.6. The molecule has 4 nitrogen and oxygen atoms in total. The molecule has 0 aliphatic carbocycles. The van der Waals surface area contributed by atoms with Gasteiger partial charge < -0.3 is 5.73 Å².